The predicted octanol–water partition coefficient (Wildman–Crippen LogP) is 4.26. The second-order valence-corrected chi connectivity index (χ2v) is 7.04. The van der Waals surface area contributed by atoms with Crippen LogP contribution in [0.2, 0.25) is 5.02 Å². The molecule has 1 fully saturated rings. The zero-order valence-electron chi connectivity index (χ0n) is 15.1. The lowest BCUT2D eigenvalue weighted by Crippen LogP contribution is -2.29. The van der Waals surface area contributed by atoms with Crippen molar-refractivity contribution in [3.63, 3.8) is 0 Å². The van der Waals surface area contributed by atoms with Crippen LogP contribution in [-0.4, -0.2) is 26.8 Å². The van der Waals surface area contributed by atoms with E-state index in [0.717, 1.165) is 0 Å². The van der Waals surface area contributed by atoms with E-state index < -0.39 is 17.7 Å². The minimum absolute atomic E-state index is 0.0328. The van der Waals surface area contributed by atoms with Crippen LogP contribution < -0.4 is 0 Å². The number of aliphatic hydroxyl groups is 1. The van der Waals surface area contributed by atoms with Gasteiger partial charge in [-0.2, -0.15) is 0 Å². The van der Waals surface area contributed by atoms with Crippen molar-refractivity contribution in [1.82, 2.24) is 4.90 Å². The zero-order chi connectivity index (χ0) is 20.5. The number of rotatable bonds is 4. The molecule has 0 unspecified atom stereocenters. The van der Waals surface area contributed by atoms with Crippen LogP contribution in [-0.2, 0) is 16.1 Å². The molecular weight excluding hydrogens is 394 g/mol. The second kappa shape index (κ2) is 7.48. The van der Waals surface area contributed by atoms with Gasteiger partial charge in [0.25, 0.3) is 11.7 Å². The summed E-state index contributed by atoms with van der Waals surface area (Å²) in [6, 6.07) is 15.0. The van der Waals surface area contributed by atoms with Crippen LogP contribution in [0.1, 0.15) is 22.9 Å². The lowest BCUT2D eigenvalue weighted by atomic mass is 9.95. The summed E-state index contributed by atoms with van der Waals surface area (Å²) in [5.41, 5.74) is 0.910. The number of phenols is 1. The molecule has 0 saturated carbocycles. The van der Waals surface area contributed by atoms with E-state index >= 15 is 0 Å². The number of furan rings is 1. The molecule has 4 rings (SSSR count). The largest absolute Gasteiger partial charge is 0.508 e. The Morgan fingerprint density at radius 3 is 2.34 bits per heavy atom. The number of amides is 1. The van der Waals surface area contributed by atoms with E-state index in [4.69, 9.17) is 16.0 Å². The molecule has 0 spiro atoms. The fraction of sp³-hybridized carbons (Fsp3) is 0.0909. The normalized spacial score (nSPS) is 18.4. The van der Waals surface area contributed by atoms with Crippen LogP contribution in [0.25, 0.3) is 5.76 Å². The molecule has 6 nitrogen and oxygen atoms in total. The summed E-state index contributed by atoms with van der Waals surface area (Å²) in [7, 11) is 0. The van der Waals surface area contributed by atoms with Crippen molar-refractivity contribution in [3.05, 3.63) is 94.4 Å². The van der Waals surface area contributed by atoms with Gasteiger partial charge < -0.3 is 19.5 Å². The van der Waals surface area contributed by atoms with Gasteiger partial charge in [0, 0.05) is 10.6 Å². The van der Waals surface area contributed by atoms with Crippen LogP contribution in [0.15, 0.2) is 76.9 Å². The van der Waals surface area contributed by atoms with E-state index in [2.05, 4.69) is 0 Å². The minimum atomic E-state index is -0.837. The van der Waals surface area contributed by atoms with Crippen molar-refractivity contribution in [2.24, 2.45) is 0 Å². The minimum Gasteiger partial charge on any atom is -0.508 e. The van der Waals surface area contributed by atoms with Crippen LogP contribution in [0, 0.1) is 0 Å². The van der Waals surface area contributed by atoms with Gasteiger partial charge in [0.15, 0.2) is 0 Å². The molecule has 2 N–H and O–H groups in total. The lowest BCUT2D eigenvalue weighted by Gasteiger charge is -2.24. The summed E-state index contributed by atoms with van der Waals surface area (Å²) >= 11 is 5.91. The quantitative estimate of drug-likeness (QED) is 0.381. The van der Waals surface area contributed by atoms with Crippen molar-refractivity contribution < 1.29 is 24.2 Å². The number of aliphatic hydroxyl groups excluding tert-OH is 1. The average Bonchev–Trinajstić information content (AvgIpc) is 3.31. The summed E-state index contributed by atoms with van der Waals surface area (Å²) in [4.78, 5) is 27.0. The molecule has 2 aromatic carbocycles. The molecule has 3 aromatic rings. The molecule has 1 aliphatic heterocycles. The third kappa shape index (κ3) is 3.50. The Hall–Kier alpha value is -3.51. The maximum absolute atomic E-state index is 12.9. The van der Waals surface area contributed by atoms with Crippen molar-refractivity contribution in [3.8, 4) is 5.75 Å². The topological polar surface area (TPSA) is 91.0 Å². The lowest BCUT2D eigenvalue weighted by molar-refractivity contribution is -0.140. The highest BCUT2D eigenvalue weighted by atomic mass is 35.5. The van der Waals surface area contributed by atoms with E-state index in [0.29, 0.717) is 21.9 Å². The van der Waals surface area contributed by atoms with Crippen molar-refractivity contribution >= 4 is 29.1 Å². The first-order valence-electron chi connectivity index (χ1n) is 8.81. The Morgan fingerprint density at radius 1 is 1.03 bits per heavy atom. The first kappa shape index (κ1) is 18.8. The molecular formula is C22H16ClNO5. The van der Waals surface area contributed by atoms with Gasteiger partial charge in [0.05, 0.1) is 24.4 Å². The maximum atomic E-state index is 12.9. The number of likely N-dealkylation sites (tertiary alicyclic amines) is 1. The Bertz CT molecular complexity index is 1090. The smallest absolute Gasteiger partial charge is 0.296 e. The highest BCUT2D eigenvalue weighted by molar-refractivity contribution is 6.46. The highest BCUT2D eigenvalue weighted by Gasteiger charge is 2.46. The van der Waals surface area contributed by atoms with Crippen molar-refractivity contribution in [2.75, 3.05) is 0 Å². The van der Waals surface area contributed by atoms with Gasteiger partial charge in [-0.05, 0) is 54.1 Å². The van der Waals surface area contributed by atoms with E-state index in [1.807, 2.05) is 0 Å². The highest BCUT2D eigenvalue weighted by Crippen LogP contribution is 2.40. The Morgan fingerprint density at radius 2 is 1.72 bits per heavy atom. The Balaban J connectivity index is 1.86. The molecule has 29 heavy (non-hydrogen) atoms. The summed E-state index contributed by atoms with van der Waals surface area (Å²) in [6.07, 6.45) is 1.48. The number of halogens is 1. The van der Waals surface area contributed by atoms with Gasteiger partial charge in [0.2, 0.25) is 0 Å². The Labute approximate surface area is 171 Å². The molecule has 1 saturated heterocycles. The second-order valence-electron chi connectivity index (χ2n) is 6.60. The predicted molar refractivity (Wildman–Crippen MR) is 106 cm³/mol. The number of phenolic OH excluding ortho intramolecular Hbond substituents is 1. The molecule has 1 aliphatic rings. The number of nitrogens with zero attached hydrogens (tertiary/aromatic N) is 1. The van der Waals surface area contributed by atoms with Crippen molar-refractivity contribution in [1.29, 1.82) is 0 Å². The molecule has 0 bridgehead atoms. The maximum Gasteiger partial charge on any atom is 0.296 e. The molecule has 2 heterocycles. The molecule has 0 aliphatic carbocycles. The van der Waals surface area contributed by atoms with Gasteiger partial charge in [-0.3, -0.25) is 9.59 Å². The van der Waals surface area contributed by atoms with Crippen LogP contribution >= 0.6 is 11.6 Å². The van der Waals surface area contributed by atoms with Crippen LogP contribution in [0.4, 0.5) is 0 Å². The summed E-state index contributed by atoms with van der Waals surface area (Å²) < 4.78 is 5.34. The zero-order valence-corrected chi connectivity index (χ0v) is 15.8. The van der Waals surface area contributed by atoms with Crippen LogP contribution in [0.5, 0.6) is 5.75 Å². The standard InChI is InChI=1S/C22H16ClNO5/c23-15-7-3-14(4-8-15)20(26)18-19(13-5-9-16(25)10-6-13)24(22(28)21(18)27)12-17-2-1-11-29-17/h1-11,19,25-26H,12H2/b20-18+/t19-/m1/s1. The van der Waals surface area contributed by atoms with Gasteiger partial charge in [0.1, 0.15) is 17.3 Å². The summed E-state index contributed by atoms with van der Waals surface area (Å²) in [6.45, 7) is 0.0561. The number of aromatic hydroxyl groups is 1. The molecule has 7 heteroatoms. The fourth-order valence-electron chi connectivity index (χ4n) is 3.38. The average molecular weight is 410 g/mol. The fourth-order valence-corrected chi connectivity index (χ4v) is 3.51. The summed E-state index contributed by atoms with van der Waals surface area (Å²) in [5, 5.41) is 21.0. The molecule has 1 amide bonds. The molecule has 146 valence electrons. The van der Waals surface area contributed by atoms with Gasteiger partial charge in [-0.15, -0.1) is 0 Å². The number of carbonyl (C=O) groups is 2. The SMILES string of the molecule is O=C1C(=O)N(Cc2ccco2)[C@H](c2ccc(O)cc2)/C1=C(\O)c1ccc(Cl)cc1. The Kier molecular flexibility index (Phi) is 4.86. The summed E-state index contributed by atoms with van der Waals surface area (Å²) in [5.74, 6) is -1.27. The van der Waals surface area contributed by atoms with E-state index in [-0.39, 0.29) is 23.6 Å². The first-order chi connectivity index (χ1) is 14.0. The monoisotopic (exact) mass is 409 g/mol. The van der Waals surface area contributed by atoms with Gasteiger partial charge in [-0.25, -0.2) is 0 Å². The molecule has 1 atom stereocenters. The number of benzene rings is 2. The third-order valence-corrected chi connectivity index (χ3v) is 5.02. The number of hydrogen-bond acceptors (Lipinski definition) is 5. The first-order valence-corrected chi connectivity index (χ1v) is 9.19. The number of ketones is 1. The van der Waals surface area contributed by atoms with Gasteiger partial charge >= 0.3 is 0 Å². The van der Waals surface area contributed by atoms with Crippen LogP contribution in [0.3, 0.4) is 0 Å². The van der Waals surface area contributed by atoms with E-state index in [1.54, 1.807) is 48.5 Å². The third-order valence-electron chi connectivity index (χ3n) is 4.77. The molecule has 1 aromatic heterocycles. The molecule has 0 radical (unpaired) electrons. The number of carbonyl (C=O) groups excluding carboxylic acids is 2. The van der Waals surface area contributed by atoms with E-state index in [9.17, 15) is 19.8 Å². The number of Topliss-reactive ketones (excluding diaryl/α,β-unsaturated/α-hetero) is 1. The number of hydrogen-bond donors (Lipinski definition) is 2. The van der Waals surface area contributed by atoms with Crippen molar-refractivity contribution in [2.45, 2.75) is 12.6 Å². The van der Waals surface area contributed by atoms with Gasteiger partial charge in [-0.1, -0.05) is 23.7 Å². The van der Waals surface area contributed by atoms with E-state index in [1.165, 1.54) is 23.3 Å².